The van der Waals surface area contributed by atoms with Crippen LogP contribution in [0.15, 0.2) is 36.1 Å². The SMILES string of the molecule is CCCCCC1C=CC/C=C(OC(C)(C)C)\C=C/1. The Balaban J connectivity index is 2.55. The fraction of sp³-hybridized carbons (Fsp3) is 0.647. The second kappa shape index (κ2) is 7.45. The van der Waals surface area contributed by atoms with E-state index in [4.69, 9.17) is 4.74 Å². The number of unbranched alkanes of at least 4 members (excludes halogenated alkanes) is 2. The van der Waals surface area contributed by atoms with Gasteiger partial charge in [-0.15, -0.1) is 0 Å². The van der Waals surface area contributed by atoms with Gasteiger partial charge in [-0.25, -0.2) is 0 Å². The molecule has 0 spiro atoms. The van der Waals surface area contributed by atoms with Crippen LogP contribution in [-0.4, -0.2) is 5.60 Å². The van der Waals surface area contributed by atoms with E-state index in [0.29, 0.717) is 5.92 Å². The first-order valence-corrected chi connectivity index (χ1v) is 7.25. The van der Waals surface area contributed by atoms with E-state index < -0.39 is 0 Å². The summed E-state index contributed by atoms with van der Waals surface area (Å²) >= 11 is 0. The molecule has 1 aliphatic rings. The van der Waals surface area contributed by atoms with Crippen molar-refractivity contribution in [2.75, 3.05) is 0 Å². The van der Waals surface area contributed by atoms with Crippen molar-refractivity contribution in [3.63, 3.8) is 0 Å². The van der Waals surface area contributed by atoms with Crippen molar-refractivity contribution in [3.8, 4) is 0 Å². The molecule has 0 fully saturated rings. The first-order valence-electron chi connectivity index (χ1n) is 7.25. The molecule has 1 heteroatoms. The minimum absolute atomic E-state index is 0.114. The summed E-state index contributed by atoms with van der Waals surface area (Å²) in [5.41, 5.74) is -0.114. The summed E-state index contributed by atoms with van der Waals surface area (Å²) in [5, 5.41) is 0. The van der Waals surface area contributed by atoms with E-state index >= 15 is 0 Å². The van der Waals surface area contributed by atoms with Crippen molar-refractivity contribution in [2.24, 2.45) is 5.92 Å². The summed E-state index contributed by atoms with van der Waals surface area (Å²) in [6.07, 6.45) is 17.3. The smallest absolute Gasteiger partial charge is 0.116 e. The maximum atomic E-state index is 5.93. The molecule has 0 saturated carbocycles. The van der Waals surface area contributed by atoms with Gasteiger partial charge in [0, 0.05) is 0 Å². The van der Waals surface area contributed by atoms with Crippen molar-refractivity contribution >= 4 is 0 Å². The van der Waals surface area contributed by atoms with Gasteiger partial charge >= 0.3 is 0 Å². The quantitative estimate of drug-likeness (QED) is 0.467. The number of hydrogen-bond donors (Lipinski definition) is 0. The van der Waals surface area contributed by atoms with E-state index in [2.05, 4.69) is 58.1 Å². The van der Waals surface area contributed by atoms with Gasteiger partial charge in [0.05, 0.1) is 0 Å². The van der Waals surface area contributed by atoms with E-state index in [0.717, 1.165) is 12.2 Å². The van der Waals surface area contributed by atoms with Gasteiger partial charge in [0.1, 0.15) is 11.4 Å². The third kappa shape index (κ3) is 6.68. The third-order valence-corrected chi connectivity index (χ3v) is 2.91. The topological polar surface area (TPSA) is 9.23 Å². The predicted octanol–water partition coefficient (Wildman–Crippen LogP) is 5.40. The van der Waals surface area contributed by atoms with Crippen molar-refractivity contribution in [1.29, 1.82) is 0 Å². The van der Waals surface area contributed by atoms with E-state index in [9.17, 15) is 0 Å². The standard InChI is InChI=1S/C17H28O/c1-5-6-7-10-15-11-8-9-12-16(14-13-15)18-17(2,3)4/h8,11-15H,5-7,9-10H2,1-4H3/b11-8?,14-13-,16-12+. The summed E-state index contributed by atoms with van der Waals surface area (Å²) in [5.74, 6) is 1.58. The molecule has 0 N–H and O–H groups in total. The Bertz CT molecular complexity index is 315. The summed E-state index contributed by atoms with van der Waals surface area (Å²) < 4.78 is 5.93. The molecule has 102 valence electrons. The largest absolute Gasteiger partial charge is 0.489 e. The molecule has 0 aromatic rings. The number of hydrogen-bond acceptors (Lipinski definition) is 1. The molecule has 0 bridgehead atoms. The predicted molar refractivity (Wildman–Crippen MR) is 79.5 cm³/mol. The minimum Gasteiger partial charge on any atom is -0.489 e. The third-order valence-electron chi connectivity index (χ3n) is 2.91. The molecule has 0 radical (unpaired) electrons. The molecule has 0 aromatic heterocycles. The molecule has 1 nitrogen and oxygen atoms in total. The molecular weight excluding hydrogens is 220 g/mol. The highest BCUT2D eigenvalue weighted by atomic mass is 16.5. The Hall–Kier alpha value is -0.980. The van der Waals surface area contributed by atoms with Gasteiger partial charge in [-0.05, 0) is 51.7 Å². The molecule has 0 saturated heterocycles. The van der Waals surface area contributed by atoms with E-state index in [-0.39, 0.29) is 5.60 Å². The Morgan fingerprint density at radius 3 is 2.67 bits per heavy atom. The van der Waals surface area contributed by atoms with Crippen LogP contribution in [0.2, 0.25) is 0 Å². The highest BCUT2D eigenvalue weighted by Crippen LogP contribution is 2.20. The summed E-state index contributed by atoms with van der Waals surface area (Å²) in [7, 11) is 0. The Morgan fingerprint density at radius 2 is 2.00 bits per heavy atom. The number of ether oxygens (including phenoxy) is 1. The lowest BCUT2D eigenvalue weighted by molar-refractivity contribution is 0.0594. The molecule has 1 atom stereocenters. The van der Waals surface area contributed by atoms with Crippen LogP contribution in [-0.2, 0) is 4.74 Å². The fourth-order valence-electron chi connectivity index (χ4n) is 2.04. The van der Waals surface area contributed by atoms with Crippen LogP contribution in [0.5, 0.6) is 0 Å². The Labute approximate surface area is 113 Å². The lowest BCUT2D eigenvalue weighted by Gasteiger charge is -2.22. The molecule has 1 unspecified atom stereocenters. The zero-order valence-corrected chi connectivity index (χ0v) is 12.4. The zero-order chi connectivity index (χ0) is 13.4. The first-order chi connectivity index (χ1) is 8.51. The zero-order valence-electron chi connectivity index (χ0n) is 12.4. The monoisotopic (exact) mass is 248 g/mol. The van der Waals surface area contributed by atoms with Gasteiger partial charge in [0.25, 0.3) is 0 Å². The van der Waals surface area contributed by atoms with Crippen molar-refractivity contribution < 1.29 is 4.74 Å². The lowest BCUT2D eigenvalue weighted by atomic mass is 9.98. The summed E-state index contributed by atoms with van der Waals surface area (Å²) in [4.78, 5) is 0. The van der Waals surface area contributed by atoms with Crippen LogP contribution >= 0.6 is 0 Å². The van der Waals surface area contributed by atoms with Crippen LogP contribution in [0.3, 0.4) is 0 Å². The van der Waals surface area contributed by atoms with E-state index in [1.165, 1.54) is 25.7 Å². The number of rotatable bonds is 5. The molecule has 0 aliphatic heterocycles. The first kappa shape index (κ1) is 15.1. The van der Waals surface area contributed by atoms with Gasteiger partial charge in [0.2, 0.25) is 0 Å². The number of allylic oxidation sites excluding steroid dienone is 5. The molecule has 1 rings (SSSR count). The van der Waals surface area contributed by atoms with Crippen LogP contribution in [0, 0.1) is 5.92 Å². The van der Waals surface area contributed by atoms with Gasteiger partial charge in [-0.1, -0.05) is 44.4 Å². The van der Waals surface area contributed by atoms with E-state index in [1.54, 1.807) is 0 Å². The summed E-state index contributed by atoms with van der Waals surface area (Å²) in [6.45, 7) is 8.53. The van der Waals surface area contributed by atoms with Crippen LogP contribution in [0.25, 0.3) is 0 Å². The van der Waals surface area contributed by atoms with Crippen molar-refractivity contribution in [3.05, 3.63) is 36.1 Å². The van der Waals surface area contributed by atoms with Gasteiger partial charge in [-0.3, -0.25) is 0 Å². The average molecular weight is 248 g/mol. The Kier molecular flexibility index (Phi) is 6.24. The highest BCUT2D eigenvalue weighted by Gasteiger charge is 2.12. The molecule has 0 heterocycles. The molecule has 18 heavy (non-hydrogen) atoms. The van der Waals surface area contributed by atoms with E-state index in [1.807, 2.05) is 0 Å². The minimum atomic E-state index is -0.114. The van der Waals surface area contributed by atoms with Gasteiger partial charge in [0.15, 0.2) is 0 Å². The maximum Gasteiger partial charge on any atom is 0.116 e. The molecule has 0 amide bonds. The molecule has 1 aliphatic carbocycles. The van der Waals surface area contributed by atoms with Crippen LogP contribution in [0.1, 0.15) is 59.8 Å². The van der Waals surface area contributed by atoms with Gasteiger partial charge < -0.3 is 4.74 Å². The maximum absolute atomic E-state index is 5.93. The normalized spacial score (nSPS) is 24.9. The van der Waals surface area contributed by atoms with Crippen molar-refractivity contribution in [2.45, 2.75) is 65.4 Å². The highest BCUT2D eigenvalue weighted by molar-refractivity contribution is 5.19. The average Bonchev–Trinajstić information content (AvgIpc) is 2.24. The van der Waals surface area contributed by atoms with Gasteiger partial charge in [-0.2, -0.15) is 0 Å². The fourth-order valence-corrected chi connectivity index (χ4v) is 2.04. The summed E-state index contributed by atoms with van der Waals surface area (Å²) in [6, 6.07) is 0. The van der Waals surface area contributed by atoms with Crippen LogP contribution < -0.4 is 0 Å². The van der Waals surface area contributed by atoms with Crippen molar-refractivity contribution in [1.82, 2.24) is 0 Å². The molecule has 0 aromatic carbocycles. The molecular formula is C17H28O. The Morgan fingerprint density at radius 1 is 1.22 bits per heavy atom. The second-order valence-corrected chi connectivity index (χ2v) is 6.00. The van der Waals surface area contributed by atoms with Crippen LogP contribution in [0.4, 0.5) is 0 Å². The lowest BCUT2D eigenvalue weighted by Crippen LogP contribution is -2.18. The second-order valence-electron chi connectivity index (χ2n) is 6.00.